The summed E-state index contributed by atoms with van der Waals surface area (Å²) in [6.07, 6.45) is -4.64. The number of nitro benzene ring substituents is 1. The van der Waals surface area contributed by atoms with Gasteiger partial charge in [-0.2, -0.15) is 13.2 Å². The van der Waals surface area contributed by atoms with E-state index in [-0.39, 0.29) is 17.2 Å². The van der Waals surface area contributed by atoms with Crippen LogP contribution < -0.4 is 0 Å². The maximum Gasteiger partial charge on any atom is 0.417 e. The van der Waals surface area contributed by atoms with Crippen molar-refractivity contribution in [2.45, 2.75) is 45.1 Å². The molecule has 0 N–H and O–H groups in total. The molecule has 4 nitrogen and oxygen atoms in total. The molecule has 0 aromatic heterocycles. The SMILES string of the molecule is C[SiH](OCc1ccc([N+](=O)[O-])cc1C(F)(F)F)C(C)(C)C. The van der Waals surface area contributed by atoms with Crippen molar-refractivity contribution < 1.29 is 22.5 Å². The van der Waals surface area contributed by atoms with Gasteiger partial charge in [-0.25, -0.2) is 0 Å². The van der Waals surface area contributed by atoms with Gasteiger partial charge in [-0.05, 0) is 23.2 Å². The van der Waals surface area contributed by atoms with Gasteiger partial charge >= 0.3 is 6.18 Å². The molecule has 0 fully saturated rings. The van der Waals surface area contributed by atoms with Gasteiger partial charge in [0.15, 0.2) is 9.04 Å². The highest BCUT2D eigenvalue weighted by Gasteiger charge is 2.35. The molecule has 1 unspecified atom stereocenters. The Labute approximate surface area is 122 Å². The average molecular weight is 321 g/mol. The van der Waals surface area contributed by atoms with Crippen LogP contribution in [0.3, 0.4) is 0 Å². The van der Waals surface area contributed by atoms with Crippen molar-refractivity contribution in [1.82, 2.24) is 0 Å². The van der Waals surface area contributed by atoms with Crippen LogP contribution in [0.2, 0.25) is 11.6 Å². The lowest BCUT2D eigenvalue weighted by Gasteiger charge is -2.26. The molecule has 0 saturated carbocycles. The van der Waals surface area contributed by atoms with Crippen LogP contribution >= 0.6 is 0 Å². The summed E-state index contributed by atoms with van der Waals surface area (Å²) in [5, 5.41) is 10.5. The molecule has 1 rings (SSSR count). The molecule has 0 spiro atoms. The smallest absolute Gasteiger partial charge is 0.415 e. The number of alkyl halides is 3. The van der Waals surface area contributed by atoms with E-state index >= 15 is 0 Å². The van der Waals surface area contributed by atoms with Gasteiger partial charge < -0.3 is 4.43 Å². The van der Waals surface area contributed by atoms with Crippen molar-refractivity contribution in [2.75, 3.05) is 0 Å². The summed E-state index contributed by atoms with van der Waals surface area (Å²) in [7, 11) is -1.67. The van der Waals surface area contributed by atoms with Gasteiger partial charge in [0.1, 0.15) is 0 Å². The van der Waals surface area contributed by atoms with Crippen molar-refractivity contribution in [1.29, 1.82) is 0 Å². The number of nitro groups is 1. The van der Waals surface area contributed by atoms with E-state index < -0.39 is 31.4 Å². The van der Waals surface area contributed by atoms with Crippen molar-refractivity contribution in [3.63, 3.8) is 0 Å². The van der Waals surface area contributed by atoms with E-state index in [0.29, 0.717) is 6.07 Å². The van der Waals surface area contributed by atoms with Crippen molar-refractivity contribution in [3.8, 4) is 0 Å². The zero-order valence-corrected chi connectivity index (χ0v) is 13.5. The van der Waals surface area contributed by atoms with Crippen LogP contribution in [-0.4, -0.2) is 14.0 Å². The fourth-order valence-corrected chi connectivity index (χ4v) is 2.46. The largest absolute Gasteiger partial charge is 0.417 e. The third-order valence-electron chi connectivity index (χ3n) is 3.32. The van der Waals surface area contributed by atoms with Gasteiger partial charge in [0.05, 0.1) is 17.1 Å². The monoisotopic (exact) mass is 321 g/mol. The van der Waals surface area contributed by atoms with Gasteiger partial charge in [0.2, 0.25) is 0 Å². The number of benzene rings is 1. The Morgan fingerprint density at radius 3 is 2.29 bits per heavy atom. The van der Waals surface area contributed by atoms with Crippen LogP contribution in [0.1, 0.15) is 31.9 Å². The summed E-state index contributed by atoms with van der Waals surface area (Å²) in [6.45, 7) is 7.66. The van der Waals surface area contributed by atoms with E-state index in [1.54, 1.807) is 0 Å². The Kier molecular flexibility index (Phi) is 5.16. The summed E-state index contributed by atoms with van der Waals surface area (Å²) in [4.78, 5) is 9.76. The molecule has 0 aliphatic heterocycles. The fraction of sp³-hybridized carbons (Fsp3) is 0.538. The van der Waals surface area contributed by atoms with Gasteiger partial charge in [-0.3, -0.25) is 10.1 Å². The van der Waals surface area contributed by atoms with Gasteiger partial charge in [0, 0.05) is 12.1 Å². The normalized spacial score (nSPS) is 14.0. The van der Waals surface area contributed by atoms with Gasteiger partial charge in [-0.15, -0.1) is 0 Å². The Hall–Kier alpha value is -1.41. The molecule has 1 aromatic carbocycles. The predicted molar refractivity (Wildman–Crippen MR) is 75.6 cm³/mol. The van der Waals surface area contributed by atoms with Crippen molar-refractivity contribution >= 4 is 14.7 Å². The van der Waals surface area contributed by atoms with E-state index in [1.807, 2.05) is 27.3 Å². The molecule has 21 heavy (non-hydrogen) atoms. The lowest BCUT2D eigenvalue weighted by atomic mass is 10.1. The first kappa shape index (κ1) is 17.6. The molecule has 1 aromatic rings. The Morgan fingerprint density at radius 1 is 1.29 bits per heavy atom. The first-order valence-corrected chi connectivity index (χ1v) is 8.59. The highest BCUT2D eigenvalue weighted by molar-refractivity contribution is 6.53. The summed E-state index contributed by atoms with van der Waals surface area (Å²) in [5.74, 6) is 0. The zero-order valence-electron chi connectivity index (χ0n) is 12.3. The summed E-state index contributed by atoms with van der Waals surface area (Å²) >= 11 is 0. The van der Waals surface area contributed by atoms with E-state index in [4.69, 9.17) is 4.43 Å². The lowest BCUT2D eigenvalue weighted by molar-refractivity contribution is -0.385. The Bertz CT molecular complexity index is 526. The molecule has 0 bridgehead atoms. The van der Waals surface area contributed by atoms with Crippen LogP contribution in [0, 0.1) is 10.1 Å². The first-order chi connectivity index (χ1) is 9.43. The number of rotatable bonds is 4. The number of hydrogen-bond donors (Lipinski definition) is 0. The molecule has 0 aliphatic carbocycles. The molecular weight excluding hydrogens is 303 g/mol. The van der Waals surface area contributed by atoms with Crippen LogP contribution in [0.5, 0.6) is 0 Å². The van der Waals surface area contributed by atoms with E-state index in [9.17, 15) is 23.3 Å². The Balaban J connectivity index is 3.04. The van der Waals surface area contributed by atoms with Crippen LogP contribution in [0.4, 0.5) is 18.9 Å². The van der Waals surface area contributed by atoms with Gasteiger partial charge in [-0.1, -0.05) is 20.8 Å². The van der Waals surface area contributed by atoms with E-state index in [1.165, 1.54) is 0 Å². The number of halogens is 3. The highest BCUT2D eigenvalue weighted by Crippen LogP contribution is 2.35. The molecule has 0 heterocycles. The summed E-state index contributed by atoms with van der Waals surface area (Å²) < 4.78 is 44.5. The minimum absolute atomic E-state index is 0.0703. The first-order valence-electron chi connectivity index (χ1n) is 6.39. The minimum atomic E-state index is -4.64. The maximum absolute atomic E-state index is 13.0. The third-order valence-corrected chi connectivity index (χ3v) is 6.42. The van der Waals surface area contributed by atoms with Crippen molar-refractivity contribution in [2.24, 2.45) is 0 Å². The number of non-ortho nitro benzene ring substituents is 1. The molecule has 118 valence electrons. The predicted octanol–water partition coefficient (Wildman–Crippen LogP) is 4.28. The quantitative estimate of drug-likeness (QED) is 0.472. The lowest BCUT2D eigenvalue weighted by Crippen LogP contribution is -2.26. The molecule has 1 atom stereocenters. The summed E-state index contributed by atoms with van der Waals surface area (Å²) in [5.41, 5.74) is -1.66. The summed E-state index contributed by atoms with van der Waals surface area (Å²) in [6, 6.07) is 2.74. The average Bonchev–Trinajstić information content (AvgIpc) is 2.33. The van der Waals surface area contributed by atoms with Crippen LogP contribution in [0.25, 0.3) is 0 Å². The topological polar surface area (TPSA) is 52.4 Å². The molecule has 0 amide bonds. The van der Waals surface area contributed by atoms with Crippen molar-refractivity contribution in [3.05, 3.63) is 39.4 Å². The Morgan fingerprint density at radius 2 is 1.86 bits per heavy atom. The number of hydrogen-bond acceptors (Lipinski definition) is 3. The van der Waals surface area contributed by atoms with Crippen LogP contribution in [0.15, 0.2) is 18.2 Å². The second-order valence-electron chi connectivity index (χ2n) is 5.92. The standard InChI is InChI=1S/C13H18F3NO3Si/c1-12(2,3)21(4)20-8-9-5-6-10(17(18)19)7-11(9)13(14,15)16/h5-7,21H,8H2,1-4H3. The second-order valence-corrected chi connectivity index (χ2v) is 9.27. The molecule has 0 radical (unpaired) electrons. The van der Waals surface area contributed by atoms with Gasteiger partial charge in [0.25, 0.3) is 5.69 Å². The maximum atomic E-state index is 13.0. The molecule has 8 heteroatoms. The third kappa shape index (κ3) is 4.82. The molecule has 0 saturated heterocycles. The van der Waals surface area contributed by atoms with E-state index in [0.717, 1.165) is 12.1 Å². The second kappa shape index (κ2) is 6.14. The fourth-order valence-electron chi connectivity index (χ4n) is 1.53. The zero-order chi connectivity index (χ0) is 16.4. The minimum Gasteiger partial charge on any atom is -0.415 e. The molecule has 0 aliphatic rings. The van der Waals surface area contributed by atoms with E-state index in [2.05, 4.69) is 0 Å². The number of nitrogens with zero attached hydrogens (tertiary/aromatic N) is 1. The molecular formula is C13H18F3NO3Si. The van der Waals surface area contributed by atoms with Crippen LogP contribution in [-0.2, 0) is 17.2 Å². The highest BCUT2D eigenvalue weighted by atomic mass is 28.3.